The molecule has 4 rings (SSSR count). The molecule has 0 saturated heterocycles. The minimum atomic E-state index is -3.67. The lowest BCUT2D eigenvalue weighted by Crippen LogP contribution is -2.29. The van der Waals surface area contributed by atoms with Crippen LogP contribution in [0, 0.1) is 6.92 Å². The van der Waals surface area contributed by atoms with Crippen molar-refractivity contribution in [2.24, 2.45) is 0 Å². The molecule has 0 saturated carbocycles. The highest BCUT2D eigenvalue weighted by Crippen LogP contribution is 2.43. The van der Waals surface area contributed by atoms with E-state index in [0.717, 1.165) is 43.8 Å². The third kappa shape index (κ3) is 6.96. The summed E-state index contributed by atoms with van der Waals surface area (Å²) in [5.74, 6) is 0. The zero-order chi connectivity index (χ0) is 26.0. The molecule has 5 heteroatoms. The normalized spacial score (nSPS) is 12.2. The number of hydrogen-bond donors (Lipinski definition) is 0. The molecule has 0 fully saturated rings. The predicted molar refractivity (Wildman–Crippen MR) is 155 cm³/mol. The van der Waals surface area contributed by atoms with E-state index in [1.807, 2.05) is 6.92 Å². The first-order valence-electron chi connectivity index (χ1n) is 12.9. The van der Waals surface area contributed by atoms with Crippen LogP contribution in [0.2, 0.25) is 0 Å². The van der Waals surface area contributed by atoms with Gasteiger partial charge in [0.15, 0.2) is 0 Å². The van der Waals surface area contributed by atoms with Gasteiger partial charge in [-0.3, -0.25) is 0 Å². The third-order valence-corrected chi connectivity index (χ3v) is 9.61. The summed E-state index contributed by atoms with van der Waals surface area (Å²) in [5, 5.41) is 0. The number of benzene rings is 4. The fraction of sp³-hybridized carbons (Fsp3) is 0.250. The zero-order valence-electron chi connectivity index (χ0n) is 21.3. The number of unbranched alkanes of at least 4 members (excludes halogenated alkanes) is 3. The van der Waals surface area contributed by atoms with Crippen LogP contribution < -0.4 is 0 Å². The average Bonchev–Trinajstić information content (AvgIpc) is 2.94. The van der Waals surface area contributed by atoms with Crippen LogP contribution in [0.4, 0.5) is 0 Å². The summed E-state index contributed by atoms with van der Waals surface area (Å²) in [6.07, 6.45) is 5.93. The summed E-state index contributed by atoms with van der Waals surface area (Å²) < 4.78 is 30.0. The number of rotatable bonds is 13. The second-order valence-electron chi connectivity index (χ2n) is 9.41. The van der Waals surface area contributed by atoms with Gasteiger partial charge in [0.2, 0.25) is 0 Å². The van der Waals surface area contributed by atoms with Gasteiger partial charge in [0, 0.05) is 14.2 Å². The highest BCUT2D eigenvalue weighted by atomic mass is 32.2. The third-order valence-electron chi connectivity index (χ3n) is 6.86. The van der Waals surface area contributed by atoms with Gasteiger partial charge in [-0.1, -0.05) is 128 Å². The van der Waals surface area contributed by atoms with Gasteiger partial charge in [-0.2, -0.15) is 8.42 Å². The zero-order valence-corrected chi connectivity index (χ0v) is 23.2. The van der Waals surface area contributed by atoms with Crippen LogP contribution in [0.25, 0.3) is 0 Å². The first-order chi connectivity index (χ1) is 18.0. The Morgan fingerprint density at radius 1 is 0.622 bits per heavy atom. The Kier molecular flexibility index (Phi) is 9.68. The molecular weight excluding hydrogens is 495 g/mol. The Morgan fingerprint density at radius 3 is 1.57 bits per heavy atom. The largest absolute Gasteiger partial charge is 0.299 e. The van der Waals surface area contributed by atoms with Crippen molar-refractivity contribution in [2.75, 3.05) is 6.16 Å². The molecule has 0 heterocycles. The number of aryl methyl sites for hydroxylation is 1. The minimum absolute atomic E-state index is 0.0479. The Balaban J connectivity index is 1.36. The van der Waals surface area contributed by atoms with Gasteiger partial charge in [0.25, 0.3) is 10.1 Å². The lowest BCUT2D eigenvalue weighted by molar-refractivity contribution is 0.503. The smallest absolute Gasteiger partial charge is 0.247 e. The summed E-state index contributed by atoms with van der Waals surface area (Å²) >= 11 is 0. The monoisotopic (exact) mass is 530 g/mol. The van der Waals surface area contributed by atoms with Crippen molar-refractivity contribution in [3.05, 3.63) is 138 Å². The maximum absolute atomic E-state index is 12.4. The van der Waals surface area contributed by atoms with Crippen molar-refractivity contribution in [3.8, 4) is 0 Å². The van der Waals surface area contributed by atoms with Gasteiger partial charge >= 0.3 is 0 Å². The molecule has 4 aromatic rings. The second kappa shape index (κ2) is 13.1. The summed E-state index contributed by atoms with van der Waals surface area (Å²) in [6, 6.07) is 39.2. The predicted octanol–water partition coefficient (Wildman–Crippen LogP) is 8.28. The van der Waals surface area contributed by atoms with Crippen LogP contribution >= 0.6 is 8.81 Å². The molecule has 0 aromatic heterocycles. The maximum Gasteiger partial charge on any atom is 0.299 e. The van der Waals surface area contributed by atoms with Crippen LogP contribution in [0.5, 0.6) is 0 Å². The molecule has 3 nitrogen and oxygen atoms in total. The van der Waals surface area contributed by atoms with Gasteiger partial charge < -0.3 is 0 Å². The first-order valence-corrected chi connectivity index (χ1v) is 15.4. The Morgan fingerprint density at radius 2 is 1.08 bits per heavy atom. The Bertz CT molecular complexity index is 1230. The standard InChI is InChI=1S/C32H35O3PS/c1-27-21-23-31(24-22-27)37(33,34)35-36-26-14-3-2-13-25-32(28-15-7-4-8-16-28,29-17-9-5-10-18-29)30-19-11-6-12-20-30/h4-12,15-24,36H,2-3,13-14,25-26H2,1H3. The van der Waals surface area contributed by atoms with E-state index in [0.29, 0.717) is 0 Å². The SMILES string of the molecule is Cc1ccc(S(=O)(=O)OPCCCCCCC(c2ccccc2)(c2ccccc2)c2ccccc2)cc1. The molecule has 37 heavy (non-hydrogen) atoms. The van der Waals surface area contributed by atoms with Crippen molar-refractivity contribution in [3.63, 3.8) is 0 Å². The average molecular weight is 531 g/mol. The summed E-state index contributed by atoms with van der Waals surface area (Å²) in [5.41, 5.74) is 4.74. The molecule has 192 valence electrons. The molecule has 0 aliphatic heterocycles. The molecule has 0 bridgehead atoms. The summed E-state index contributed by atoms with van der Waals surface area (Å²) in [6.45, 7) is 1.93. The molecule has 4 aromatic carbocycles. The van der Waals surface area contributed by atoms with Crippen LogP contribution in [0.1, 0.15) is 54.4 Å². The Labute approximate surface area is 223 Å². The molecule has 0 aliphatic rings. The quantitative estimate of drug-likeness (QED) is 0.0992. The summed E-state index contributed by atoms with van der Waals surface area (Å²) in [4.78, 5) is 0.227. The van der Waals surface area contributed by atoms with E-state index in [2.05, 4.69) is 91.0 Å². The van der Waals surface area contributed by atoms with Crippen LogP contribution in [0.3, 0.4) is 0 Å². The molecule has 0 aliphatic carbocycles. The van der Waals surface area contributed by atoms with E-state index in [-0.39, 0.29) is 19.1 Å². The van der Waals surface area contributed by atoms with E-state index in [1.54, 1.807) is 24.3 Å². The van der Waals surface area contributed by atoms with Crippen molar-refractivity contribution < 1.29 is 12.4 Å². The lowest BCUT2D eigenvalue weighted by Gasteiger charge is -2.36. The first kappa shape index (κ1) is 27.3. The van der Waals surface area contributed by atoms with E-state index in [9.17, 15) is 8.42 Å². The van der Waals surface area contributed by atoms with E-state index in [4.69, 9.17) is 3.97 Å². The Hall–Kier alpha value is -2.78. The number of hydrogen-bond acceptors (Lipinski definition) is 3. The summed E-state index contributed by atoms with van der Waals surface area (Å²) in [7, 11) is -3.72. The fourth-order valence-corrected chi connectivity index (χ4v) is 7.12. The van der Waals surface area contributed by atoms with Gasteiger partial charge in [-0.15, -0.1) is 0 Å². The topological polar surface area (TPSA) is 43.4 Å². The molecule has 0 amide bonds. The van der Waals surface area contributed by atoms with Gasteiger partial charge in [-0.05, 0) is 54.8 Å². The highest BCUT2D eigenvalue weighted by molar-refractivity contribution is 7.89. The molecule has 0 radical (unpaired) electrons. The van der Waals surface area contributed by atoms with E-state index >= 15 is 0 Å². The van der Waals surface area contributed by atoms with E-state index in [1.165, 1.54) is 16.7 Å². The van der Waals surface area contributed by atoms with Gasteiger partial charge in [0.1, 0.15) is 0 Å². The van der Waals surface area contributed by atoms with Gasteiger partial charge in [0.05, 0.1) is 4.90 Å². The molecule has 1 unspecified atom stereocenters. The second-order valence-corrected chi connectivity index (χ2v) is 12.2. The maximum atomic E-state index is 12.4. The van der Waals surface area contributed by atoms with Crippen molar-refractivity contribution >= 4 is 18.9 Å². The van der Waals surface area contributed by atoms with Crippen molar-refractivity contribution in [1.82, 2.24) is 0 Å². The molecular formula is C32H35O3PS. The fourth-order valence-electron chi connectivity index (χ4n) is 4.91. The van der Waals surface area contributed by atoms with Gasteiger partial charge in [-0.25, -0.2) is 3.97 Å². The molecule has 1 atom stereocenters. The molecule has 0 N–H and O–H groups in total. The van der Waals surface area contributed by atoms with Crippen LogP contribution in [0.15, 0.2) is 120 Å². The van der Waals surface area contributed by atoms with Crippen LogP contribution in [-0.2, 0) is 19.5 Å². The lowest BCUT2D eigenvalue weighted by atomic mass is 9.66. The highest BCUT2D eigenvalue weighted by Gasteiger charge is 2.35. The van der Waals surface area contributed by atoms with Crippen LogP contribution in [-0.4, -0.2) is 14.6 Å². The van der Waals surface area contributed by atoms with E-state index < -0.39 is 10.1 Å². The van der Waals surface area contributed by atoms with Crippen molar-refractivity contribution in [2.45, 2.75) is 49.3 Å². The minimum Gasteiger partial charge on any atom is -0.247 e. The van der Waals surface area contributed by atoms with Crippen molar-refractivity contribution in [1.29, 1.82) is 0 Å². The molecule has 0 spiro atoms.